The summed E-state index contributed by atoms with van der Waals surface area (Å²) >= 11 is 0. The average Bonchev–Trinajstić information content (AvgIpc) is 3.02. The Labute approximate surface area is 146 Å². The second-order valence-electron chi connectivity index (χ2n) is 6.30. The molecule has 4 aromatic rings. The fourth-order valence-corrected chi connectivity index (χ4v) is 3.33. The molecule has 1 atom stereocenters. The zero-order valence-corrected chi connectivity index (χ0v) is 14.2. The summed E-state index contributed by atoms with van der Waals surface area (Å²) in [4.78, 5) is 3.39. The molecule has 2 N–H and O–H groups in total. The van der Waals surface area contributed by atoms with Crippen LogP contribution in [0.25, 0.3) is 16.7 Å². The lowest BCUT2D eigenvalue weighted by atomic mass is 10.1. The van der Waals surface area contributed by atoms with Crippen LogP contribution in [0.1, 0.15) is 29.7 Å². The van der Waals surface area contributed by atoms with Crippen molar-refractivity contribution >= 4 is 22.5 Å². The third-order valence-corrected chi connectivity index (χ3v) is 4.62. The number of nitrogens with one attached hydrogen (secondary N) is 2. The molecule has 122 valence electrons. The minimum Gasteiger partial charge on any atom is -0.299 e. The van der Waals surface area contributed by atoms with Crippen LogP contribution in [0.15, 0.2) is 60.7 Å². The molecule has 0 aliphatic rings. The Morgan fingerprint density at radius 1 is 1.08 bits per heavy atom. The van der Waals surface area contributed by atoms with Crippen LogP contribution in [-0.4, -0.2) is 4.98 Å². The van der Waals surface area contributed by atoms with Crippen LogP contribution in [-0.2, 0) is 0 Å². The van der Waals surface area contributed by atoms with Gasteiger partial charge in [0.1, 0.15) is 22.7 Å². The highest BCUT2D eigenvalue weighted by atomic mass is 15.1. The molecule has 4 heteroatoms. The van der Waals surface area contributed by atoms with Crippen molar-refractivity contribution in [1.29, 1.82) is 5.26 Å². The third-order valence-electron chi connectivity index (χ3n) is 4.62. The largest absolute Gasteiger partial charge is 0.299 e. The lowest BCUT2D eigenvalue weighted by molar-refractivity contribution is -0.465. The summed E-state index contributed by atoms with van der Waals surface area (Å²) in [6.07, 6.45) is 0. The number of aryl methyl sites for hydroxylation is 1. The van der Waals surface area contributed by atoms with Crippen molar-refractivity contribution in [2.24, 2.45) is 0 Å². The van der Waals surface area contributed by atoms with Gasteiger partial charge in [-0.1, -0.05) is 42.5 Å². The van der Waals surface area contributed by atoms with Crippen molar-refractivity contribution in [2.75, 3.05) is 5.32 Å². The summed E-state index contributed by atoms with van der Waals surface area (Å²) in [5.74, 6) is 0.973. The van der Waals surface area contributed by atoms with Gasteiger partial charge in [-0.05, 0) is 37.1 Å². The Balaban J connectivity index is 1.93. The van der Waals surface area contributed by atoms with E-state index in [9.17, 15) is 5.26 Å². The molecule has 0 amide bonds. The minimum atomic E-state index is 0.151. The molecule has 2 aromatic carbocycles. The summed E-state index contributed by atoms with van der Waals surface area (Å²) in [5.41, 5.74) is 5.74. The van der Waals surface area contributed by atoms with Crippen LogP contribution in [0.4, 0.5) is 5.82 Å². The van der Waals surface area contributed by atoms with Gasteiger partial charge in [-0.3, -0.25) is 10.3 Å². The summed E-state index contributed by atoms with van der Waals surface area (Å²) in [6.45, 7) is 4.12. The van der Waals surface area contributed by atoms with Gasteiger partial charge in [-0.2, -0.15) is 9.66 Å². The number of nitriles is 1. The molecule has 25 heavy (non-hydrogen) atoms. The van der Waals surface area contributed by atoms with Crippen LogP contribution in [0.2, 0.25) is 0 Å². The first-order valence-corrected chi connectivity index (χ1v) is 8.36. The summed E-state index contributed by atoms with van der Waals surface area (Å²) in [5, 5.41) is 13.2. The van der Waals surface area contributed by atoms with Gasteiger partial charge < -0.3 is 0 Å². The van der Waals surface area contributed by atoms with Crippen molar-refractivity contribution in [1.82, 2.24) is 4.98 Å². The van der Waals surface area contributed by atoms with Gasteiger partial charge in [-0.25, -0.2) is 0 Å². The van der Waals surface area contributed by atoms with Crippen molar-refractivity contribution in [2.45, 2.75) is 19.9 Å². The molecule has 0 saturated heterocycles. The zero-order chi connectivity index (χ0) is 17.4. The number of rotatable bonds is 3. The van der Waals surface area contributed by atoms with Crippen molar-refractivity contribution in [3.05, 3.63) is 77.4 Å². The maximum absolute atomic E-state index is 9.59. The van der Waals surface area contributed by atoms with Gasteiger partial charge >= 0.3 is 0 Å². The summed E-state index contributed by atoms with van der Waals surface area (Å²) in [6, 6.07) is 23.0. The fourth-order valence-electron chi connectivity index (χ4n) is 3.33. The maximum atomic E-state index is 9.59. The number of anilines is 1. The van der Waals surface area contributed by atoms with E-state index in [4.69, 9.17) is 0 Å². The van der Waals surface area contributed by atoms with E-state index < -0.39 is 0 Å². The SMILES string of the molecule is Cc1cc(NC(C)c2ccccc2)[n+]2c([nH]c3ccccc32)c1C#N. The second kappa shape index (κ2) is 5.95. The van der Waals surface area contributed by atoms with Crippen molar-refractivity contribution in [3.63, 3.8) is 0 Å². The average molecular weight is 327 g/mol. The Morgan fingerprint density at radius 2 is 1.80 bits per heavy atom. The van der Waals surface area contributed by atoms with Gasteiger partial charge in [0.2, 0.25) is 11.5 Å². The van der Waals surface area contributed by atoms with Gasteiger partial charge in [0.15, 0.2) is 0 Å². The zero-order valence-electron chi connectivity index (χ0n) is 14.2. The van der Waals surface area contributed by atoms with E-state index in [1.54, 1.807) is 0 Å². The molecular weight excluding hydrogens is 308 g/mol. The highest BCUT2D eigenvalue weighted by molar-refractivity contribution is 5.77. The van der Waals surface area contributed by atoms with Gasteiger partial charge in [-0.15, -0.1) is 0 Å². The number of hydrogen-bond acceptors (Lipinski definition) is 2. The molecule has 1 unspecified atom stereocenters. The molecule has 2 aromatic heterocycles. The van der Waals surface area contributed by atoms with Crippen LogP contribution in [0.5, 0.6) is 0 Å². The molecular formula is C21H19N4+. The smallest absolute Gasteiger partial charge is 0.250 e. The number of aromatic amines is 1. The van der Waals surface area contributed by atoms with Crippen LogP contribution in [0, 0.1) is 18.3 Å². The molecule has 0 spiro atoms. The van der Waals surface area contributed by atoms with Crippen LogP contribution in [0.3, 0.4) is 0 Å². The standard InChI is InChI=1S/C21H18N4/c1-14-12-20(23-15(2)16-8-4-3-5-9-16)25-19-11-7-6-10-18(19)24-21(25)17(14)13-22/h3-12,15H,1-2H3,(H,23,24)/p+1. The highest BCUT2D eigenvalue weighted by Gasteiger charge is 2.21. The summed E-state index contributed by atoms with van der Waals surface area (Å²) < 4.78 is 2.10. The number of imidazole rings is 1. The molecule has 0 radical (unpaired) electrons. The van der Waals surface area contributed by atoms with E-state index in [2.05, 4.69) is 45.9 Å². The molecule has 0 saturated carbocycles. The van der Waals surface area contributed by atoms with Gasteiger partial charge in [0.05, 0.1) is 6.04 Å². The van der Waals surface area contributed by atoms with Crippen molar-refractivity contribution in [3.8, 4) is 6.07 Å². The van der Waals surface area contributed by atoms with Crippen LogP contribution >= 0.6 is 0 Å². The Bertz CT molecular complexity index is 1100. The number of pyridine rings is 1. The number of para-hydroxylation sites is 2. The van der Waals surface area contributed by atoms with Gasteiger partial charge in [0, 0.05) is 6.07 Å². The van der Waals surface area contributed by atoms with E-state index in [1.165, 1.54) is 5.56 Å². The van der Waals surface area contributed by atoms with Crippen LogP contribution < -0.4 is 9.72 Å². The molecule has 0 aliphatic heterocycles. The first kappa shape index (κ1) is 15.2. The minimum absolute atomic E-state index is 0.151. The quantitative estimate of drug-likeness (QED) is 0.552. The third kappa shape index (κ3) is 2.50. The number of nitrogens with zero attached hydrogens (tertiary/aromatic N) is 2. The Hall–Kier alpha value is -3.32. The Morgan fingerprint density at radius 3 is 2.56 bits per heavy atom. The normalized spacial score (nSPS) is 12.2. The number of fused-ring (bicyclic) bond motifs is 3. The first-order chi connectivity index (χ1) is 12.2. The molecule has 0 fully saturated rings. The lowest BCUT2D eigenvalue weighted by Crippen LogP contribution is -2.28. The number of hydrogen-bond donors (Lipinski definition) is 2. The van der Waals surface area contributed by atoms with E-state index in [0.29, 0.717) is 5.56 Å². The predicted molar refractivity (Wildman–Crippen MR) is 99.4 cm³/mol. The predicted octanol–water partition coefficient (Wildman–Crippen LogP) is 4.26. The maximum Gasteiger partial charge on any atom is 0.250 e. The second-order valence-corrected chi connectivity index (χ2v) is 6.30. The molecule has 0 aliphatic carbocycles. The molecule has 2 heterocycles. The van der Waals surface area contributed by atoms with Gasteiger partial charge in [0.25, 0.3) is 0 Å². The lowest BCUT2D eigenvalue weighted by Gasteiger charge is -2.13. The Kier molecular flexibility index (Phi) is 3.62. The van der Waals surface area contributed by atoms with Crippen molar-refractivity contribution < 1.29 is 4.40 Å². The highest BCUT2D eigenvalue weighted by Crippen LogP contribution is 2.23. The van der Waals surface area contributed by atoms with E-state index in [0.717, 1.165) is 28.1 Å². The molecule has 4 rings (SSSR count). The topological polar surface area (TPSA) is 55.7 Å². The van der Waals surface area contributed by atoms with E-state index >= 15 is 0 Å². The monoisotopic (exact) mass is 327 g/mol. The molecule has 0 bridgehead atoms. The summed E-state index contributed by atoms with van der Waals surface area (Å²) in [7, 11) is 0. The van der Waals surface area contributed by atoms with E-state index in [-0.39, 0.29) is 6.04 Å². The van der Waals surface area contributed by atoms with E-state index in [1.807, 2.05) is 49.4 Å². The first-order valence-electron chi connectivity index (χ1n) is 8.36. The number of aromatic nitrogens is 2. The fraction of sp³-hybridized carbons (Fsp3) is 0.143. The number of H-pyrrole nitrogens is 1. The molecule has 4 nitrogen and oxygen atoms in total. The number of benzene rings is 2.